The molecule has 0 atom stereocenters. The summed E-state index contributed by atoms with van der Waals surface area (Å²) in [5, 5.41) is 2.78. The van der Waals surface area contributed by atoms with Crippen LogP contribution in [-0.4, -0.2) is 46.4 Å². The maximum atomic E-state index is 12.2. The van der Waals surface area contributed by atoms with Gasteiger partial charge in [-0.05, 0) is 56.4 Å². The standard InChI is InChI=1S/C19H30N2O4S/c1-15-9-10-17(13-16(15)2)21(26(3,23)24)14-19(22)20-11-6-12-25-18-7-4-5-8-18/h9-10,13,18H,4-8,11-12,14H2,1-3H3,(H,20,22). The number of nitrogens with zero attached hydrogens (tertiary/aromatic N) is 1. The molecule has 0 saturated heterocycles. The van der Waals surface area contributed by atoms with Crippen molar-refractivity contribution in [3.63, 3.8) is 0 Å². The Morgan fingerprint density at radius 1 is 1.23 bits per heavy atom. The molecule has 1 aromatic rings. The number of ether oxygens (including phenoxy) is 1. The van der Waals surface area contributed by atoms with Gasteiger partial charge in [0.15, 0.2) is 0 Å². The van der Waals surface area contributed by atoms with Crippen molar-refractivity contribution in [1.29, 1.82) is 0 Å². The van der Waals surface area contributed by atoms with Gasteiger partial charge in [0.1, 0.15) is 6.54 Å². The van der Waals surface area contributed by atoms with E-state index >= 15 is 0 Å². The predicted molar refractivity (Wildman–Crippen MR) is 104 cm³/mol. The Morgan fingerprint density at radius 2 is 1.92 bits per heavy atom. The van der Waals surface area contributed by atoms with Gasteiger partial charge >= 0.3 is 0 Å². The minimum Gasteiger partial charge on any atom is -0.378 e. The average molecular weight is 383 g/mol. The molecule has 1 saturated carbocycles. The molecule has 7 heteroatoms. The zero-order valence-electron chi connectivity index (χ0n) is 16.0. The maximum Gasteiger partial charge on any atom is 0.240 e. The first kappa shape index (κ1) is 20.7. The van der Waals surface area contributed by atoms with Crippen molar-refractivity contribution in [3.05, 3.63) is 29.3 Å². The Balaban J connectivity index is 1.83. The molecular formula is C19H30N2O4S. The van der Waals surface area contributed by atoms with Gasteiger partial charge in [-0.15, -0.1) is 0 Å². The van der Waals surface area contributed by atoms with Gasteiger partial charge in [-0.25, -0.2) is 8.42 Å². The Kier molecular flexibility index (Phi) is 7.46. The molecule has 26 heavy (non-hydrogen) atoms. The van der Waals surface area contributed by atoms with Crippen molar-refractivity contribution in [2.75, 3.05) is 30.3 Å². The van der Waals surface area contributed by atoms with Crippen molar-refractivity contribution in [2.45, 2.75) is 52.1 Å². The molecule has 0 radical (unpaired) electrons. The van der Waals surface area contributed by atoms with Gasteiger partial charge in [-0.3, -0.25) is 9.10 Å². The van der Waals surface area contributed by atoms with E-state index in [1.54, 1.807) is 12.1 Å². The first-order valence-corrected chi connectivity index (χ1v) is 11.1. The van der Waals surface area contributed by atoms with Crippen molar-refractivity contribution in [1.82, 2.24) is 5.32 Å². The SMILES string of the molecule is Cc1ccc(N(CC(=O)NCCCOC2CCCC2)S(C)(=O)=O)cc1C. The Morgan fingerprint density at radius 3 is 2.54 bits per heavy atom. The third kappa shape index (κ3) is 6.29. The van der Waals surface area contributed by atoms with Crippen molar-refractivity contribution >= 4 is 21.6 Å². The highest BCUT2D eigenvalue weighted by Gasteiger charge is 2.21. The fourth-order valence-corrected chi connectivity index (χ4v) is 3.92. The minimum atomic E-state index is -3.54. The first-order chi connectivity index (χ1) is 12.3. The monoisotopic (exact) mass is 382 g/mol. The lowest BCUT2D eigenvalue weighted by Crippen LogP contribution is -2.40. The van der Waals surface area contributed by atoms with Gasteiger partial charge in [0, 0.05) is 13.2 Å². The number of hydrogen-bond acceptors (Lipinski definition) is 4. The highest BCUT2D eigenvalue weighted by molar-refractivity contribution is 7.92. The fourth-order valence-electron chi connectivity index (χ4n) is 3.07. The summed E-state index contributed by atoms with van der Waals surface area (Å²) in [5.41, 5.74) is 2.57. The number of amides is 1. The highest BCUT2D eigenvalue weighted by atomic mass is 32.2. The van der Waals surface area contributed by atoms with Crippen LogP contribution in [0.25, 0.3) is 0 Å². The second-order valence-corrected chi connectivity index (χ2v) is 8.93. The molecule has 0 unspecified atom stereocenters. The quantitative estimate of drug-likeness (QED) is 0.666. The van der Waals surface area contributed by atoms with Crippen LogP contribution >= 0.6 is 0 Å². The summed E-state index contributed by atoms with van der Waals surface area (Å²) in [6, 6.07) is 5.38. The zero-order valence-corrected chi connectivity index (χ0v) is 16.8. The van der Waals surface area contributed by atoms with E-state index in [0.717, 1.165) is 41.0 Å². The van der Waals surface area contributed by atoms with Crippen molar-refractivity contribution in [3.8, 4) is 0 Å². The maximum absolute atomic E-state index is 12.2. The van der Waals surface area contributed by atoms with Crippen LogP contribution in [0.2, 0.25) is 0 Å². The second-order valence-electron chi connectivity index (χ2n) is 7.02. The summed E-state index contributed by atoms with van der Waals surface area (Å²) >= 11 is 0. The number of aryl methyl sites for hydroxylation is 2. The summed E-state index contributed by atoms with van der Waals surface area (Å²) in [7, 11) is -3.54. The largest absolute Gasteiger partial charge is 0.378 e. The van der Waals surface area contributed by atoms with Crippen LogP contribution in [0, 0.1) is 13.8 Å². The number of sulfonamides is 1. The normalized spacial score (nSPS) is 15.2. The van der Waals surface area contributed by atoms with Crippen LogP contribution in [0.15, 0.2) is 18.2 Å². The second kappa shape index (κ2) is 9.37. The van der Waals surface area contributed by atoms with Crippen LogP contribution in [0.4, 0.5) is 5.69 Å². The molecule has 1 aromatic carbocycles. The molecule has 0 heterocycles. The minimum absolute atomic E-state index is 0.217. The van der Waals surface area contributed by atoms with Crippen molar-refractivity contribution in [2.24, 2.45) is 0 Å². The molecule has 1 amide bonds. The number of anilines is 1. The summed E-state index contributed by atoms with van der Waals surface area (Å²) in [4.78, 5) is 12.2. The number of benzene rings is 1. The first-order valence-electron chi connectivity index (χ1n) is 9.20. The zero-order chi connectivity index (χ0) is 19.2. The molecule has 0 bridgehead atoms. The smallest absolute Gasteiger partial charge is 0.240 e. The molecule has 0 aromatic heterocycles. The molecule has 1 aliphatic rings. The molecule has 2 rings (SSSR count). The lowest BCUT2D eigenvalue weighted by atomic mass is 10.1. The summed E-state index contributed by atoms with van der Waals surface area (Å²) in [6.45, 7) is 4.77. The molecule has 6 nitrogen and oxygen atoms in total. The van der Waals surface area contributed by atoms with Crippen LogP contribution in [0.1, 0.15) is 43.2 Å². The number of carbonyl (C=O) groups excluding carboxylic acids is 1. The van der Waals surface area contributed by atoms with Crippen LogP contribution in [-0.2, 0) is 19.6 Å². The summed E-state index contributed by atoms with van der Waals surface area (Å²) < 4.78 is 31.1. The van der Waals surface area contributed by atoms with Gasteiger partial charge in [-0.2, -0.15) is 0 Å². The molecule has 1 aliphatic carbocycles. The number of hydrogen-bond donors (Lipinski definition) is 1. The van der Waals surface area contributed by atoms with Gasteiger partial charge in [-0.1, -0.05) is 18.9 Å². The van der Waals surface area contributed by atoms with Gasteiger partial charge in [0.25, 0.3) is 0 Å². The van der Waals surface area contributed by atoms with E-state index in [-0.39, 0.29) is 12.5 Å². The van der Waals surface area contributed by atoms with E-state index in [4.69, 9.17) is 4.74 Å². The third-order valence-corrected chi connectivity index (χ3v) is 5.91. The van der Waals surface area contributed by atoms with Crippen LogP contribution in [0.3, 0.4) is 0 Å². The van der Waals surface area contributed by atoms with Gasteiger partial charge in [0.2, 0.25) is 15.9 Å². The van der Waals surface area contributed by atoms with E-state index in [0.29, 0.717) is 24.9 Å². The van der Waals surface area contributed by atoms with Gasteiger partial charge in [0.05, 0.1) is 18.0 Å². The Labute approximate surface area is 157 Å². The fraction of sp³-hybridized carbons (Fsp3) is 0.632. The highest BCUT2D eigenvalue weighted by Crippen LogP contribution is 2.21. The summed E-state index contributed by atoms with van der Waals surface area (Å²) in [5.74, 6) is -0.311. The average Bonchev–Trinajstić information content (AvgIpc) is 3.07. The van der Waals surface area contributed by atoms with E-state index in [1.807, 2.05) is 19.9 Å². The van der Waals surface area contributed by atoms with E-state index < -0.39 is 10.0 Å². The number of rotatable bonds is 9. The number of carbonyl (C=O) groups is 1. The van der Waals surface area contributed by atoms with E-state index in [2.05, 4.69) is 5.32 Å². The molecule has 0 spiro atoms. The van der Waals surface area contributed by atoms with Crippen molar-refractivity contribution < 1.29 is 17.9 Å². The van der Waals surface area contributed by atoms with Crippen LogP contribution in [0.5, 0.6) is 0 Å². The summed E-state index contributed by atoms with van der Waals surface area (Å²) in [6.07, 6.45) is 6.95. The van der Waals surface area contributed by atoms with Crippen LogP contribution < -0.4 is 9.62 Å². The predicted octanol–water partition coefficient (Wildman–Crippen LogP) is 2.53. The molecule has 0 aliphatic heterocycles. The molecule has 1 N–H and O–H groups in total. The Hall–Kier alpha value is -1.60. The Bertz CT molecular complexity index is 712. The lowest BCUT2D eigenvalue weighted by Gasteiger charge is -2.22. The lowest BCUT2D eigenvalue weighted by molar-refractivity contribution is -0.119. The third-order valence-electron chi connectivity index (χ3n) is 4.77. The molecule has 1 fully saturated rings. The number of nitrogens with one attached hydrogen (secondary N) is 1. The topological polar surface area (TPSA) is 75.7 Å². The van der Waals surface area contributed by atoms with E-state index in [9.17, 15) is 13.2 Å². The molecule has 146 valence electrons. The van der Waals surface area contributed by atoms with Gasteiger partial charge < -0.3 is 10.1 Å². The van der Waals surface area contributed by atoms with E-state index in [1.165, 1.54) is 12.8 Å². The molecular weight excluding hydrogens is 352 g/mol.